The third kappa shape index (κ3) is 2.83. The van der Waals surface area contributed by atoms with E-state index in [-0.39, 0.29) is 0 Å². The Balaban J connectivity index is 1.96. The smallest absolute Gasteiger partial charge is 0.127 e. The third-order valence-corrected chi connectivity index (χ3v) is 4.65. The van der Waals surface area contributed by atoms with E-state index in [1.165, 1.54) is 31.4 Å². The molecule has 2 N–H and O–H groups in total. The lowest BCUT2D eigenvalue weighted by Gasteiger charge is -2.35. The van der Waals surface area contributed by atoms with E-state index in [1.54, 1.807) is 0 Å². The van der Waals surface area contributed by atoms with E-state index in [0.29, 0.717) is 12.6 Å². The first-order chi connectivity index (χ1) is 10.2. The average molecular weight is 286 g/mol. The molecule has 2 aromatic rings. The van der Waals surface area contributed by atoms with Gasteiger partial charge in [-0.15, -0.1) is 0 Å². The Morgan fingerprint density at radius 3 is 2.95 bits per heavy atom. The highest BCUT2D eigenvalue weighted by molar-refractivity contribution is 5.76. The number of para-hydroxylation sites is 2. The second kappa shape index (κ2) is 6.16. The summed E-state index contributed by atoms with van der Waals surface area (Å²) in [6.45, 7) is 8.47. The molecule has 2 atom stereocenters. The predicted octanol–water partition coefficient (Wildman–Crippen LogP) is 2.79. The quantitative estimate of drug-likeness (QED) is 0.940. The van der Waals surface area contributed by atoms with Crippen LogP contribution in [0.2, 0.25) is 0 Å². The Bertz CT molecular complexity index is 604. The zero-order valence-electron chi connectivity index (χ0n) is 13.1. The van der Waals surface area contributed by atoms with Crippen molar-refractivity contribution in [2.75, 3.05) is 19.6 Å². The van der Waals surface area contributed by atoms with Crippen LogP contribution in [0.4, 0.5) is 0 Å². The van der Waals surface area contributed by atoms with Gasteiger partial charge in [0, 0.05) is 19.6 Å². The molecule has 4 nitrogen and oxygen atoms in total. The SMILES string of the molecule is CC1CCCN(C(C)c2nc3ccccc3n2CCN)C1. The molecule has 2 heterocycles. The average Bonchev–Trinajstić information content (AvgIpc) is 2.86. The molecule has 0 radical (unpaired) electrons. The van der Waals surface area contributed by atoms with Crippen LogP contribution >= 0.6 is 0 Å². The van der Waals surface area contributed by atoms with Gasteiger partial charge in [-0.05, 0) is 44.4 Å². The highest BCUT2D eigenvalue weighted by Gasteiger charge is 2.25. The van der Waals surface area contributed by atoms with Crippen LogP contribution in [-0.4, -0.2) is 34.1 Å². The van der Waals surface area contributed by atoms with E-state index in [4.69, 9.17) is 10.7 Å². The number of rotatable bonds is 4. The number of benzene rings is 1. The predicted molar refractivity (Wildman–Crippen MR) is 87.2 cm³/mol. The molecular weight excluding hydrogens is 260 g/mol. The van der Waals surface area contributed by atoms with Crippen molar-refractivity contribution in [2.45, 2.75) is 39.3 Å². The van der Waals surface area contributed by atoms with Crippen LogP contribution < -0.4 is 5.73 Å². The molecule has 0 bridgehead atoms. The maximum Gasteiger partial charge on any atom is 0.127 e. The van der Waals surface area contributed by atoms with E-state index >= 15 is 0 Å². The minimum absolute atomic E-state index is 0.353. The second-order valence-electron chi connectivity index (χ2n) is 6.32. The summed E-state index contributed by atoms with van der Waals surface area (Å²) < 4.78 is 2.30. The van der Waals surface area contributed by atoms with E-state index in [1.807, 2.05) is 0 Å². The minimum Gasteiger partial charge on any atom is -0.329 e. The van der Waals surface area contributed by atoms with Crippen LogP contribution in [-0.2, 0) is 6.54 Å². The molecule has 0 spiro atoms. The van der Waals surface area contributed by atoms with Crippen LogP contribution in [0.25, 0.3) is 11.0 Å². The molecule has 1 fully saturated rings. The van der Waals surface area contributed by atoms with Crippen molar-refractivity contribution in [1.29, 1.82) is 0 Å². The molecule has 114 valence electrons. The van der Waals surface area contributed by atoms with Gasteiger partial charge in [0.1, 0.15) is 5.82 Å². The van der Waals surface area contributed by atoms with Gasteiger partial charge in [-0.2, -0.15) is 0 Å². The molecular formula is C17H26N4. The van der Waals surface area contributed by atoms with Gasteiger partial charge in [-0.25, -0.2) is 4.98 Å². The molecule has 1 aliphatic heterocycles. The lowest BCUT2D eigenvalue weighted by atomic mass is 9.99. The van der Waals surface area contributed by atoms with Gasteiger partial charge in [0.05, 0.1) is 17.1 Å². The van der Waals surface area contributed by atoms with E-state index in [9.17, 15) is 0 Å². The van der Waals surface area contributed by atoms with E-state index in [0.717, 1.165) is 23.8 Å². The summed E-state index contributed by atoms with van der Waals surface area (Å²) in [5.41, 5.74) is 8.10. The summed E-state index contributed by atoms with van der Waals surface area (Å²) in [5, 5.41) is 0. The number of imidazole rings is 1. The summed E-state index contributed by atoms with van der Waals surface area (Å²) in [6, 6.07) is 8.73. The summed E-state index contributed by atoms with van der Waals surface area (Å²) in [7, 11) is 0. The molecule has 3 rings (SSSR count). The fourth-order valence-corrected chi connectivity index (χ4v) is 3.52. The number of fused-ring (bicyclic) bond motifs is 1. The van der Waals surface area contributed by atoms with Gasteiger partial charge in [0.2, 0.25) is 0 Å². The van der Waals surface area contributed by atoms with Crippen molar-refractivity contribution in [1.82, 2.24) is 14.5 Å². The van der Waals surface area contributed by atoms with Crippen molar-refractivity contribution in [2.24, 2.45) is 11.7 Å². The Labute approximate surface area is 126 Å². The Morgan fingerprint density at radius 2 is 2.19 bits per heavy atom. The molecule has 1 aromatic heterocycles. The van der Waals surface area contributed by atoms with Crippen molar-refractivity contribution in [3.63, 3.8) is 0 Å². The zero-order valence-corrected chi connectivity index (χ0v) is 13.1. The number of hydrogen-bond acceptors (Lipinski definition) is 3. The fraction of sp³-hybridized carbons (Fsp3) is 0.588. The normalized spacial score (nSPS) is 21.8. The van der Waals surface area contributed by atoms with Gasteiger partial charge in [0.25, 0.3) is 0 Å². The molecule has 0 amide bonds. The van der Waals surface area contributed by atoms with Crippen molar-refractivity contribution < 1.29 is 0 Å². The van der Waals surface area contributed by atoms with Crippen LogP contribution in [0, 0.1) is 5.92 Å². The highest BCUT2D eigenvalue weighted by atomic mass is 15.2. The van der Waals surface area contributed by atoms with Crippen molar-refractivity contribution in [3.8, 4) is 0 Å². The van der Waals surface area contributed by atoms with E-state index < -0.39 is 0 Å². The Kier molecular flexibility index (Phi) is 4.27. The molecule has 1 aliphatic rings. The number of aromatic nitrogens is 2. The van der Waals surface area contributed by atoms with E-state index in [2.05, 4.69) is 47.6 Å². The summed E-state index contributed by atoms with van der Waals surface area (Å²) in [4.78, 5) is 7.47. The second-order valence-corrected chi connectivity index (χ2v) is 6.32. The summed E-state index contributed by atoms with van der Waals surface area (Å²) in [5.74, 6) is 1.95. The largest absolute Gasteiger partial charge is 0.329 e. The topological polar surface area (TPSA) is 47.1 Å². The fourth-order valence-electron chi connectivity index (χ4n) is 3.52. The first-order valence-electron chi connectivity index (χ1n) is 8.10. The first kappa shape index (κ1) is 14.5. The number of nitrogens with two attached hydrogens (primary N) is 1. The first-order valence-corrected chi connectivity index (χ1v) is 8.10. The molecule has 2 unspecified atom stereocenters. The molecule has 4 heteroatoms. The lowest BCUT2D eigenvalue weighted by molar-refractivity contribution is 0.132. The molecule has 0 aliphatic carbocycles. The van der Waals surface area contributed by atoms with Crippen molar-refractivity contribution >= 4 is 11.0 Å². The lowest BCUT2D eigenvalue weighted by Crippen LogP contribution is -2.37. The van der Waals surface area contributed by atoms with Crippen molar-refractivity contribution in [3.05, 3.63) is 30.1 Å². The van der Waals surface area contributed by atoms with Gasteiger partial charge >= 0.3 is 0 Å². The highest BCUT2D eigenvalue weighted by Crippen LogP contribution is 2.28. The number of likely N-dealkylation sites (tertiary alicyclic amines) is 1. The standard InChI is InChI=1S/C17H26N4/c1-13-6-5-10-20(12-13)14(2)17-19-15-7-3-4-8-16(15)21(17)11-9-18/h3-4,7-8,13-14H,5-6,9-12,18H2,1-2H3. The monoisotopic (exact) mass is 286 g/mol. The zero-order chi connectivity index (χ0) is 14.8. The van der Waals surface area contributed by atoms with Gasteiger partial charge in [-0.3, -0.25) is 4.90 Å². The van der Waals surface area contributed by atoms with Gasteiger partial charge < -0.3 is 10.3 Å². The molecule has 0 saturated carbocycles. The van der Waals surface area contributed by atoms with Crippen LogP contribution in [0.1, 0.15) is 38.6 Å². The molecule has 1 aromatic carbocycles. The Hall–Kier alpha value is -1.39. The van der Waals surface area contributed by atoms with Crippen LogP contribution in [0.15, 0.2) is 24.3 Å². The number of piperidine rings is 1. The minimum atomic E-state index is 0.353. The summed E-state index contributed by atoms with van der Waals surface area (Å²) in [6.07, 6.45) is 2.64. The van der Waals surface area contributed by atoms with Crippen LogP contribution in [0.5, 0.6) is 0 Å². The number of hydrogen-bond donors (Lipinski definition) is 1. The summed E-state index contributed by atoms with van der Waals surface area (Å²) >= 11 is 0. The maximum absolute atomic E-state index is 5.82. The van der Waals surface area contributed by atoms with Gasteiger partial charge in [0.15, 0.2) is 0 Å². The van der Waals surface area contributed by atoms with Gasteiger partial charge in [-0.1, -0.05) is 19.1 Å². The molecule has 1 saturated heterocycles. The van der Waals surface area contributed by atoms with Crippen LogP contribution in [0.3, 0.4) is 0 Å². The molecule has 21 heavy (non-hydrogen) atoms. The maximum atomic E-state index is 5.82. The third-order valence-electron chi connectivity index (χ3n) is 4.65. The Morgan fingerprint density at radius 1 is 1.38 bits per heavy atom. The number of nitrogens with zero attached hydrogens (tertiary/aromatic N) is 3.